The molecule has 0 aromatic rings. The molecule has 0 atom stereocenters. The summed E-state index contributed by atoms with van der Waals surface area (Å²) >= 11 is 0. The second-order valence-electron chi connectivity index (χ2n) is 4.40. The second kappa shape index (κ2) is 23.0. The van der Waals surface area contributed by atoms with E-state index in [1.54, 1.807) is 0 Å². The summed E-state index contributed by atoms with van der Waals surface area (Å²) in [5.74, 6) is 0. The van der Waals surface area contributed by atoms with E-state index in [0.717, 1.165) is 6.42 Å². The Bertz CT molecular complexity index is 58.6. The largest absolute Gasteiger partial charge is 0.103 e. The van der Waals surface area contributed by atoms with Gasteiger partial charge in [0.15, 0.2) is 0 Å². The van der Waals surface area contributed by atoms with Crippen molar-refractivity contribution in [2.45, 2.75) is 75.2 Å². The number of hydrogen-bond acceptors (Lipinski definition) is 0. The second-order valence-corrected chi connectivity index (χ2v) is 4.40. The molecule has 0 unspecified atom stereocenters. The van der Waals surface area contributed by atoms with Gasteiger partial charge in [-0.05, 0) is 11.8 Å². The van der Waals surface area contributed by atoms with E-state index < -0.39 is 0 Å². The smallest absolute Gasteiger partial charge is 0.0382 e. The van der Waals surface area contributed by atoms with E-state index in [4.69, 9.17) is 0 Å². The Morgan fingerprint density at radius 1 is 0.929 bits per heavy atom. The summed E-state index contributed by atoms with van der Waals surface area (Å²) in [6, 6.07) is 0. The molecule has 0 heteroatoms. The van der Waals surface area contributed by atoms with Crippen molar-refractivity contribution in [2.75, 3.05) is 0 Å². The molecule has 0 heterocycles. The highest BCUT2D eigenvalue weighted by molar-refractivity contribution is 4.60. The molecule has 0 aliphatic rings. The molecular formula is C14H34. The van der Waals surface area contributed by atoms with E-state index in [-0.39, 0.29) is 0 Å². The van der Waals surface area contributed by atoms with Gasteiger partial charge < -0.3 is 0 Å². The minimum absolute atomic E-state index is 0.500. The Balaban J connectivity index is -0.0000000505. The van der Waals surface area contributed by atoms with Gasteiger partial charge in [-0.2, -0.15) is 0 Å². The van der Waals surface area contributed by atoms with Crippen molar-refractivity contribution in [3.05, 3.63) is 12.7 Å². The first-order valence-corrected chi connectivity index (χ1v) is 5.94. The topological polar surface area (TPSA) is 0 Å². The van der Waals surface area contributed by atoms with Gasteiger partial charge in [0.2, 0.25) is 0 Å². The van der Waals surface area contributed by atoms with Gasteiger partial charge in [0.1, 0.15) is 0 Å². The van der Waals surface area contributed by atoms with Crippen molar-refractivity contribution >= 4 is 0 Å². The van der Waals surface area contributed by atoms with Crippen molar-refractivity contribution < 1.29 is 0 Å². The third-order valence-electron chi connectivity index (χ3n) is 0.289. The van der Waals surface area contributed by atoms with Crippen LogP contribution in [-0.2, 0) is 0 Å². The van der Waals surface area contributed by atoms with Gasteiger partial charge in [-0.3, -0.25) is 0 Å². The van der Waals surface area contributed by atoms with Crippen LogP contribution in [0.15, 0.2) is 12.7 Å². The predicted molar refractivity (Wildman–Crippen MR) is 72.9 cm³/mol. The first-order valence-electron chi connectivity index (χ1n) is 5.94. The summed E-state index contributed by atoms with van der Waals surface area (Å²) in [7, 11) is 0. The van der Waals surface area contributed by atoms with E-state index >= 15 is 0 Å². The molecule has 0 fully saturated rings. The number of allylic oxidation sites excluding steroid dienone is 1. The van der Waals surface area contributed by atoms with Crippen LogP contribution in [0.2, 0.25) is 0 Å². The molecule has 0 rings (SSSR count). The molecule has 0 bridgehead atoms. The van der Waals surface area contributed by atoms with Crippen LogP contribution in [0, 0.1) is 5.41 Å². The Labute approximate surface area is 93.8 Å². The number of hydrogen-bond donors (Lipinski definition) is 0. The normalized spacial score (nSPS) is 7.79. The summed E-state index contributed by atoms with van der Waals surface area (Å²) in [4.78, 5) is 0. The third-order valence-corrected chi connectivity index (χ3v) is 0.289. The zero-order valence-electron chi connectivity index (χ0n) is 12.2. The lowest BCUT2D eigenvalue weighted by Crippen LogP contribution is -1.93. The molecule has 0 N–H and O–H groups in total. The van der Waals surface area contributed by atoms with E-state index in [9.17, 15) is 0 Å². The van der Waals surface area contributed by atoms with Gasteiger partial charge in [0.25, 0.3) is 0 Å². The SMILES string of the molecule is C=CCC.CC.CC(C)(C)C.CCC. The summed E-state index contributed by atoms with van der Waals surface area (Å²) in [6.07, 6.45) is 4.21. The van der Waals surface area contributed by atoms with Gasteiger partial charge in [-0.25, -0.2) is 0 Å². The molecule has 0 aliphatic carbocycles. The lowest BCUT2D eigenvalue weighted by molar-refractivity contribution is 0.469. The zero-order valence-corrected chi connectivity index (χ0v) is 12.2. The fourth-order valence-electron chi connectivity index (χ4n) is 0. The standard InChI is InChI=1S/C5H12.C4H8.C3H8.C2H6/c1-5(2,3)4;1-3-4-2;1-3-2;1-2/h1-4H3;3H,1,4H2,2H3;3H2,1-2H3;1-2H3. The van der Waals surface area contributed by atoms with Crippen molar-refractivity contribution in [1.29, 1.82) is 0 Å². The average molecular weight is 202 g/mol. The predicted octanol–water partition coefficient (Wildman–Crippen LogP) is 6.08. The molecule has 0 aromatic heterocycles. The molecule has 0 amide bonds. The van der Waals surface area contributed by atoms with Crippen LogP contribution in [0.3, 0.4) is 0 Å². The molecule has 0 aromatic carbocycles. The number of rotatable bonds is 1. The highest BCUT2D eigenvalue weighted by Gasteiger charge is 1.95. The molecule has 90 valence electrons. The Morgan fingerprint density at radius 2 is 1.00 bits per heavy atom. The van der Waals surface area contributed by atoms with Gasteiger partial charge in [0.05, 0.1) is 0 Å². The summed E-state index contributed by atoms with van der Waals surface area (Å²) in [5.41, 5.74) is 0.500. The highest BCUT2D eigenvalue weighted by atomic mass is 14.0. The Hall–Kier alpha value is -0.260. The average Bonchev–Trinajstić information content (AvgIpc) is 2.06. The van der Waals surface area contributed by atoms with Crippen molar-refractivity contribution in [3.8, 4) is 0 Å². The first kappa shape index (κ1) is 23.5. The minimum atomic E-state index is 0.500. The van der Waals surface area contributed by atoms with Crippen LogP contribution in [0.1, 0.15) is 75.2 Å². The van der Waals surface area contributed by atoms with Crippen LogP contribution >= 0.6 is 0 Å². The fraction of sp³-hybridized carbons (Fsp3) is 0.857. The van der Waals surface area contributed by atoms with Gasteiger partial charge in [-0.1, -0.05) is 74.8 Å². The van der Waals surface area contributed by atoms with Crippen LogP contribution < -0.4 is 0 Å². The highest BCUT2D eigenvalue weighted by Crippen LogP contribution is 2.07. The molecule has 0 saturated carbocycles. The Kier molecular flexibility index (Phi) is 38.6. The maximum atomic E-state index is 3.48. The molecule has 0 aliphatic heterocycles. The van der Waals surface area contributed by atoms with E-state index in [1.165, 1.54) is 6.42 Å². The maximum absolute atomic E-state index is 3.48. The molecule has 0 radical (unpaired) electrons. The van der Waals surface area contributed by atoms with Crippen LogP contribution in [-0.4, -0.2) is 0 Å². The molecule has 0 saturated heterocycles. The monoisotopic (exact) mass is 202 g/mol. The lowest BCUT2D eigenvalue weighted by atomic mass is 10.0. The van der Waals surface area contributed by atoms with E-state index in [1.807, 2.05) is 19.9 Å². The fourth-order valence-corrected chi connectivity index (χ4v) is 0. The maximum Gasteiger partial charge on any atom is -0.0382 e. The summed E-state index contributed by atoms with van der Waals surface area (Å²) in [5, 5.41) is 0. The van der Waals surface area contributed by atoms with E-state index in [2.05, 4.69) is 55.0 Å². The summed E-state index contributed by atoms with van der Waals surface area (Å²) < 4.78 is 0. The Morgan fingerprint density at radius 3 is 1.00 bits per heavy atom. The molecule has 0 spiro atoms. The molecular weight excluding hydrogens is 168 g/mol. The van der Waals surface area contributed by atoms with E-state index in [0.29, 0.717) is 5.41 Å². The molecule has 14 heavy (non-hydrogen) atoms. The van der Waals surface area contributed by atoms with Gasteiger partial charge >= 0.3 is 0 Å². The van der Waals surface area contributed by atoms with Crippen molar-refractivity contribution in [3.63, 3.8) is 0 Å². The minimum Gasteiger partial charge on any atom is -0.103 e. The van der Waals surface area contributed by atoms with Gasteiger partial charge in [-0.15, -0.1) is 6.58 Å². The lowest BCUT2D eigenvalue weighted by Gasteiger charge is -2.05. The van der Waals surface area contributed by atoms with Gasteiger partial charge in [0, 0.05) is 0 Å². The quantitative estimate of drug-likeness (QED) is 0.452. The third kappa shape index (κ3) is 2470. The first-order chi connectivity index (χ1) is 6.33. The van der Waals surface area contributed by atoms with Crippen molar-refractivity contribution in [2.24, 2.45) is 5.41 Å². The zero-order chi connectivity index (χ0) is 12.6. The van der Waals surface area contributed by atoms with Crippen LogP contribution in [0.25, 0.3) is 0 Å². The van der Waals surface area contributed by atoms with Crippen molar-refractivity contribution in [1.82, 2.24) is 0 Å². The molecule has 0 nitrogen and oxygen atoms in total. The summed E-state index contributed by atoms with van der Waals surface area (Å²) in [6.45, 7) is 22.5. The van der Waals surface area contributed by atoms with Crippen LogP contribution in [0.4, 0.5) is 0 Å². The van der Waals surface area contributed by atoms with Crippen LogP contribution in [0.5, 0.6) is 0 Å².